The summed E-state index contributed by atoms with van der Waals surface area (Å²) in [5, 5.41) is 3.29. The Hall–Kier alpha value is -0.0900. The number of unbranched alkanes of at least 4 members (excludes halogenated alkanes) is 2. The van der Waals surface area contributed by atoms with E-state index in [0.717, 1.165) is 6.42 Å². The van der Waals surface area contributed by atoms with Crippen LogP contribution in [0.25, 0.3) is 0 Å². The predicted octanol–water partition coefficient (Wildman–Crippen LogP) is 2.76. The van der Waals surface area contributed by atoms with Crippen LogP contribution < -0.4 is 5.32 Å². The monoisotopic (exact) mass is 263 g/mol. The maximum atomic E-state index is 11.9. The lowest BCUT2D eigenvalue weighted by molar-refractivity contribution is 0.495. The Bertz CT molecular complexity index is 291. The Labute approximate surface area is 107 Å². The minimum atomic E-state index is -2.98. The van der Waals surface area contributed by atoms with Crippen molar-refractivity contribution in [1.29, 1.82) is 0 Å². The van der Waals surface area contributed by atoms with Crippen LogP contribution in [0.4, 0.5) is 0 Å². The normalized spacial score (nSPS) is 14.9. The van der Waals surface area contributed by atoms with Gasteiger partial charge in [0.2, 0.25) is 0 Å². The van der Waals surface area contributed by atoms with Crippen molar-refractivity contribution in [2.24, 2.45) is 0 Å². The highest BCUT2D eigenvalue weighted by Crippen LogP contribution is 2.15. The average molecular weight is 263 g/mol. The molecule has 0 aromatic carbocycles. The minimum absolute atomic E-state index is 0.231. The first-order valence-electron chi connectivity index (χ1n) is 6.66. The van der Waals surface area contributed by atoms with Gasteiger partial charge in [-0.2, -0.15) is 0 Å². The molecule has 4 heteroatoms. The molecule has 0 rings (SSSR count). The molecule has 0 heterocycles. The third-order valence-corrected chi connectivity index (χ3v) is 5.64. The summed E-state index contributed by atoms with van der Waals surface area (Å²) in [6, 6.07) is 0.414. The predicted molar refractivity (Wildman–Crippen MR) is 75.1 cm³/mol. The molecule has 0 saturated heterocycles. The van der Waals surface area contributed by atoms with Crippen molar-refractivity contribution in [3.63, 3.8) is 0 Å². The lowest BCUT2D eigenvalue weighted by Gasteiger charge is -2.20. The van der Waals surface area contributed by atoms with Crippen LogP contribution in [0.15, 0.2) is 0 Å². The molecule has 0 saturated carbocycles. The minimum Gasteiger partial charge on any atom is -0.313 e. The van der Waals surface area contributed by atoms with Gasteiger partial charge in [0.25, 0.3) is 0 Å². The van der Waals surface area contributed by atoms with Crippen LogP contribution >= 0.6 is 0 Å². The van der Waals surface area contributed by atoms with E-state index in [9.17, 15) is 8.42 Å². The zero-order valence-electron chi connectivity index (χ0n) is 12.0. The molecule has 1 atom stereocenters. The van der Waals surface area contributed by atoms with E-state index in [0.29, 0.717) is 12.6 Å². The summed E-state index contributed by atoms with van der Waals surface area (Å²) in [5.74, 6) is 0.231. The molecule has 0 amide bonds. The average Bonchev–Trinajstić information content (AvgIpc) is 2.16. The molecular formula is C13H29NO2S. The summed E-state index contributed by atoms with van der Waals surface area (Å²) in [5.41, 5.74) is 0. The van der Waals surface area contributed by atoms with Crippen molar-refractivity contribution in [3.8, 4) is 0 Å². The van der Waals surface area contributed by atoms with Crippen LogP contribution in [0, 0.1) is 0 Å². The van der Waals surface area contributed by atoms with E-state index in [1.165, 1.54) is 19.3 Å². The highest BCUT2D eigenvalue weighted by molar-refractivity contribution is 7.92. The fourth-order valence-electron chi connectivity index (χ4n) is 1.55. The number of rotatable bonds is 8. The topological polar surface area (TPSA) is 46.2 Å². The van der Waals surface area contributed by atoms with E-state index >= 15 is 0 Å². The number of sulfone groups is 1. The van der Waals surface area contributed by atoms with E-state index in [4.69, 9.17) is 0 Å². The van der Waals surface area contributed by atoms with Crippen LogP contribution in [-0.2, 0) is 9.84 Å². The largest absolute Gasteiger partial charge is 0.313 e. The van der Waals surface area contributed by atoms with E-state index in [1.807, 2.05) is 0 Å². The maximum Gasteiger partial charge on any atom is 0.156 e. The SMILES string of the molecule is CCCCCC(C)NCCS(=O)(=O)C(C)(C)C. The first-order chi connectivity index (χ1) is 7.70. The van der Waals surface area contributed by atoms with Crippen LogP contribution in [-0.4, -0.2) is 31.5 Å². The van der Waals surface area contributed by atoms with E-state index in [-0.39, 0.29) is 5.75 Å². The van der Waals surface area contributed by atoms with Gasteiger partial charge in [0.1, 0.15) is 0 Å². The molecule has 3 nitrogen and oxygen atoms in total. The fourth-order valence-corrected chi connectivity index (χ4v) is 2.55. The fraction of sp³-hybridized carbons (Fsp3) is 1.00. The Morgan fingerprint density at radius 1 is 1.18 bits per heavy atom. The third kappa shape index (κ3) is 7.04. The van der Waals surface area contributed by atoms with Crippen LogP contribution in [0.3, 0.4) is 0 Å². The number of hydrogen-bond donors (Lipinski definition) is 1. The first kappa shape index (κ1) is 16.9. The second-order valence-electron chi connectivity index (χ2n) is 5.78. The Kier molecular flexibility index (Phi) is 7.33. The summed E-state index contributed by atoms with van der Waals surface area (Å²) < 4.78 is 23.1. The lowest BCUT2D eigenvalue weighted by Crippen LogP contribution is -2.37. The van der Waals surface area contributed by atoms with Crippen molar-refractivity contribution in [3.05, 3.63) is 0 Å². The molecule has 0 bridgehead atoms. The van der Waals surface area contributed by atoms with Gasteiger partial charge < -0.3 is 5.32 Å². The van der Waals surface area contributed by atoms with Crippen molar-refractivity contribution < 1.29 is 8.42 Å². The van der Waals surface area contributed by atoms with Gasteiger partial charge in [-0.15, -0.1) is 0 Å². The molecule has 0 aromatic rings. The zero-order valence-corrected chi connectivity index (χ0v) is 12.9. The van der Waals surface area contributed by atoms with Gasteiger partial charge in [-0.05, 0) is 34.1 Å². The summed E-state index contributed by atoms with van der Waals surface area (Å²) in [4.78, 5) is 0. The molecule has 1 N–H and O–H groups in total. The second-order valence-corrected chi connectivity index (χ2v) is 8.64. The Morgan fingerprint density at radius 2 is 1.76 bits per heavy atom. The van der Waals surface area contributed by atoms with Crippen molar-refractivity contribution >= 4 is 9.84 Å². The quantitative estimate of drug-likeness (QED) is 0.685. The molecule has 0 fully saturated rings. The highest BCUT2D eigenvalue weighted by atomic mass is 32.2. The number of hydrogen-bond acceptors (Lipinski definition) is 3. The van der Waals surface area contributed by atoms with Gasteiger partial charge in [-0.1, -0.05) is 26.2 Å². The molecule has 0 aliphatic rings. The summed E-state index contributed by atoms with van der Waals surface area (Å²) >= 11 is 0. The van der Waals surface area contributed by atoms with Gasteiger partial charge in [-0.25, -0.2) is 8.42 Å². The summed E-state index contributed by atoms with van der Waals surface area (Å²) in [6.07, 6.45) is 4.83. The van der Waals surface area contributed by atoms with Crippen molar-refractivity contribution in [2.45, 2.75) is 71.1 Å². The Balaban J connectivity index is 3.84. The van der Waals surface area contributed by atoms with Crippen molar-refractivity contribution in [2.75, 3.05) is 12.3 Å². The van der Waals surface area contributed by atoms with Gasteiger partial charge in [-0.3, -0.25) is 0 Å². The molecule has 17 heavy (non-hydrogen) atoms. The molecule has 1 unspecified atom stereocenters. The summed E-state index contributed by atoms with van der Waals surface area (Å²) in [7, 11) is -2.98. The first-order valence-corrected chi connectivity index (χ1v) is 8.31. The smallest absolute Gasteiger partial charge is 0.156 e. The highest BCUT2D eigenvalue weighted by Gasteiger charge is 2.28. The van der Waals surface area contributed by atoms with Gasteiger partial charge >= 0.3 is 0 Å². The molecule has 0 aliphatic carbocycles. The maximum absolute atomic E-state index is 11.9. The number of nitrogens with one attached hydrogen (secondary N) is 1. The van der Waals surface area contributed by atoms with Crippen LogP contribution in [0.1, 0.15) is 60.3 Å². The molecule has 0 radical (unpaired) electrons. The molecule has 0 spiro atoms. The second kappa shape index (κ2) is 7.37. The van der Waals surface area contributed by atoms with Gasteiger partial charge in [0, 0.05) is 12.6 Å². The van der Waals surface area contributed by atoms with Crippen LogP contribution in [0.2, 0.25) is 0 Å². The third-order valence-electron chi connectivity index (χ3n) is 3.04. The Morgan fingerprint density at radius 3 is 2.24 bits per heavy atom. The molecular weight excluding hydrogens is 234 g/mol. The van der Waals surface area contributed by atoms with E-state index in [1.54, 1.807) is 20.8 Å². The van der Waals surface area contributed by atoms with Crippen LogP contribution in [0.5, 0.6) is 0 Å². The summed E-state index contributed by atoms with van der Waals surface area (Å²) in [6.45, 7) is 10.1. The zero-order chi connectivity index (χ0) is 13.5. The van der Waals surface area contributed by atoms with Crippen molar-refractivity contribution in [1.82, 2.24) is 5.32 Å². The molecule has 0 aromatic heterocycles. The molecule has 104 valence electrons. The lowest BCUT2D eigenvalue weighted by atomic mass is 10.1. The van der Waals surface area contributed by atoms with E-state index < -0.39 is 14.6 Å². The molecule has 0 aliphatic heterocycles. The standard InChI is InChI=1S/C13H29NO2S/c1-6-7-8-9-12(2)14-10-11-17(15,16)13(3,4)5/h12,14H,6-11H2,1-5H3. The van der Waals surface area contributed by atoms with Gasteiger partial charge in [0.15, 0.2) is 9.84 Å². The van der Waals surface area contributed by atoms with Gasteiger partial charge in [0.05, 0.1) is 10.5 Å². The van der Waals surface area contributed by atoms with E-state index in [2.05, 4.69) is 19.2 Å².